The van der Waals surface area contributed by atoms with Crippen LogP contribution in [0.1, 0.15) is 11.1 Å². The minimum atomic E-state index is -1.48. The van der Waals surface area contributed by atoms with Gasteiger partial charge in [0.15, 0.2) is 11.5 Å². The van der Waals surface area contributed by atoms with Gasteiger partial charge in [-0.3, -0.25) is 0 Å². The van der Waals surface area contributed by atoms with Crippen molar-refractivity contribution in [1.29, 1.82) is 0 Å². The van der Waals surface area contributed by atoms with Gasteiger partial charge < -0.3 is 9.47 Å². The molecule has 2 aromatic rings. The summed E-state index contributed by atoms with van der Waals surface area (Å²) in [4.78, 5) is 4.60. The molecule has 0 aliphatic carbocycles. The molecular formula is C22H25NO2Si. The Morgan fingerprint density at radius 2 is 1.65 bits per heavy atom. The number of methoxy groups -OCH3 is 2. The van der Waals surface area contributed by atoms with Crippen molar-refractivity contribution in [1.82, 2.24) is 0 Å². The molecule has 0 aromatic heterocycles. The highest BCUT2D eigenvalue weighted by Gasteiger charge is 2.08. The molecule has 134 valence electrons. The highest BCUT2D eigenvalue weighted by atomic mass is 28.3. The summed E-state index contributed by atoms with van der Waals surface area (Å²) in [7, 11) is 1.78. The van der Waals surface area contributed by atoms with Gasteiger partial charge in [-0.25, -0.2) is 4.99 Å². The molecule has 0 fully saturated rings. The maximum Gasteiger partial charge on any atom is 0.161 e. The van der Waals surface area contributed by atoms with Crippen LogP contribution in [0, 0.1) is 11.5 Å². The number of ether oxygens (including phenoxy) is 2. The molecule has 0 aliphatic heterocycles. The summed E-state index contributed by atoms with van der Waals surface area (Å²) < 4.78 is 10.6. The summed E-state index contributed by atoms with van der Waals surface area (Å²) >= 11 is 0. The van der Waals surface area contributed by atoms with E-state index in [4.69, 9.17) is 9.47 Å². The molecule has 3 nitrogen and oxygen atoms in total. The second kappa shape index (κ2) is 9.07. The molecule has 0 amide bonds. The fraction of sp³-hybridized carbons (Fsp3) is 0.227. The van der Waals surface area contributed by atoms with Crippen LogP contribution in [0.3, 0.4) is 0 Å². The molecular weight excluding hydrogens is 338 g/mol. The van der Waals surface area contributed by atoms with Crippen molar-refractivity contribution < 1.29 is 9.47 Å². The van der Waals surface area contributed by atoms with Crippen LogP contribution in [-0.2, 0) is 0 Å². The number of hydrogen-bond acceptors (Lipinski definition) is 3. The van der Waals surface area contributed by atoms with Crippen LogP contribution < -0.4 is 9.47 Å². The van der Waals surface area contributed by atoms with Crippen LogP contribution in [0.2, 0.25) is 19.6 Å². The fourth-order valence-corrected chi connectivity index (χ4v) is 2.67. The first-order valence-electron chi connectivity index (χ1n) is 8.48. The van der Waals surface area contributed by atoms with E-state index in [-0.39, 0.29) is 0 Å². The maximum atomic E-state index is 5.34. The van der Waals surface area contributed by atoms with Crippen molar-refractivity contribution >= 4 is 19.9 Å². The molecule has 4 heteroatoms. The summed E-state index contributed by atoms with van der Waals surface area (Å²) in [5.41, 5.74) is 6.18. The van der Waals surface area contributed by atoms with Gasteiger partial charge in [0.25, 0.3) is 0 Å². The SMILES string of the molecule is COc1ccc(/C=C/N=C(C#C[Si](C)(C)C)c2ccccc2)cc1OC. The molecule has 0 radical (unpaired) electrons. The number of aliphatic imine (C=N–C) groups is 1. The smallest absolute Gasteiger partial charge is 0.161 e. The van der Waals surface area contributed by atoms with E-state index < -0.39 is 8.07 Å². The zero-order chi connectivity index (χ0) is 19.0. The molecule has 0 bridgehead atoms. The summed E-state index contributed by atoms with van der Waals surface area (Å²) in [5.74, 6) is 4.67. The molecule has 0 spiro atoms. The second-order valence-electron chi connectivity index (χ2n) is 6.77. The van der Waals surface area contributed by atoms with Crippen molar-refractivity contribution in [2.75, 3.05) is 14.2 Å². The van der Waals surface area contributed by atoms with E-state index >= 15 is 0 Å². The van der Waals surface area contributed by atoms with Gasteiger partial charge in [0.05, 0.1) is 14.2 Å². The zero-order valence-corrected chi connectivity index (χ0v) is 17.0. The summed E-state index contributed by atoms with van der Waals surface area (Å²) in [6, 6.07) is 15.8. The van der Waals surface area contributed by atoms with Crippen molar-refractivity contribution in [3.05, 3.63) is 65.9 Å². The fourth-order valence-electron chi connectivity index (χ4n) is 2.18. The Labute approximate surface area is 157 Å². The second-order valence-corrected chi connectivity index (χ2v) is 11.5. The lowest BCUT2D eigenvalue weighted by Gasteiger charge is -2.07. The molecule has 0 aliphatic rings. The van der Waals surface area contributed by atoms with Gasteiger partial charge in [0.2, 0.25) is 0 Å². The molecule has 0 atom stereocenters. The van der Waals surface area contributed by atoms with Crippen LogP contribution in [0.15, 0.2) is 59.7 Å². The Balaban J connectivity index is 2.32. The van der Waals surface area contributed by atoms with E-state index in [1.54, 1.807) is 20.4 Å². The maximum absolute atomic E-state index is 5.34. The molecule has 0 heterocycles. The molecule has 2 aromatic carbocycles. The van der Waals surface area contributed by atoms with Gasteiger partial charge in [-0.2, -0.15) is 0 Å². The average molecular weight is 364 g/mol. The van der Waals surface area contributed by atoms with Gasteiger partial charge in [0, 0.05) is 11.8 Å². The van der Waals surface area contributed by atoms with E-state index in [1.807, 2.05) is 54.6 Å². The van der Waals surface area contributed by atoms with Crippen molar-refractivity contribution in [3.8, 4) is 23.0 Å². The first-order chi connectivity index (χ1) is 12.4. The Bertz CT molecular complexity index is 853. The van der Waals surface area contributed by atoms with E-state index in [0.717, 1.165) is 16.8 Å². The lowest BCUT2D eigenvalue weighted by Crippen LogP contribution is -2.17. The van der Waals surface area contributed by atoms with Crippen LogP contribution in [0.5, 0.6) is 11.5 Å². The van der Waals surface area contributed by atoms with E-state index in [2.05, 4.69) is 36.1 Å². The number of rotatable bonds is 5. The van der Waals surface area contributed by atoms with Crippen LogP contribution in [0.4, 0.5) is 0 Å². The lowest BCUT2D eigenvalue weighted by molar-refractivity contribution is 0.355. The standard InChI is InChI=1S/C22H25NO2Si/c1-24-21-12-11-18(17-22(21)25-2)13-15-23-20(14-16-26(3,4)5)19-9-7-6-8-10-19/h6-13,15,17H,1-5H3/b15-13+,23-20?. The third-order valence-corrected chi connectivity index (χ3v) is 4.36. The van der Waals surface area contributed by atoms with E-state index in [1.165, 1.54) is 0 Å². The molecule has 0 unspecified atom stereocenters. The summed E-state index contributed by atoms with van der Waals surface area (Å²) in [5, 5.41) is 0. The summed E-state index contributed by atoms with van der Waals surface area (Å²) in [6.07, 6.45) is 3.71. The largest absolute Gasteiger partial charge is 0.493 e. The van der Waals surface area contributed by atoms with Crippen molar-refractivity contribution in [3.63, 3.8) is 0 Å². The average Bonchev–Trinajstić information content (AvgIpc) is 2.64. The van der Waals surface area contributed by atoms with E-state index in [0.29, 0.717) is 11.5 Å². The Kier molecular flexibility index (Phi) is 6.82. The Morgan fingerprint density at radius 3 is 2.27 bits per heavy atom. The monoisotopic (exact) mass is 363 g/mol. The van der Waals surface area contributed by atoms with Gasteiger partial charge in [-0.15, -0.1) is 5.54 Å². The van der Waals surface area contributed by atoms with Crippen LogP contribution >= 0.6 is 0 Å². The van der Waals surface area contributed by atoms with Gasteiger partial charge in [-0.1, -0.05) is 62.0 Å². The number of nitrogens with zero attached hydrogens (tertiary/aromatic N) is 1. The minimum absolute atomic E-state index is 0.695. The number of benzene rings is 2. The normalized spacial score (nSPS) is 11.8. The van der Waals surface area contributed by atoms with Gasteiger partial charge in [-0.05, 0) is 23.8 Å². The van der Waals surface area contributed by atoms with Gasteiger partial charge in [0.1, 0.15) is 13.8 Å². The first-order valence-corrected chi connectivity index (χ1v) is 12.0. The molecule has 0 saturated carbocycles. The molecule has 26 heavy (non-hydrogen) atoms. The quantitative estimate of drug-likeness (QED) is 0.423. The summed E-state index contributed by atoms with van der Waals surface area (Å²) in [6.45, 7) is 6.67. The topological polar surface area (TPSA) is 30.8 Å². The predicted octanol–water partition coefficient (Wildman–Crippen LogP) is 5.04. The van der Waals surface area contributed by atoms with Crippen molar-refractivity contribution in [2.24, 2.45) is 4.99 Å². The highest BCUT2D eigenvalue weighted by Crippen LogP contribution is 2.27. The number of hydrogen-bond donors (Lipinski definition) is 0. The third-order valence-electron chi connectivity index (χ3n) is 3.48. The van der Waals surface area contributed by atoms with Crippen LogP contribution in [0.25, 0.3) is 6.08 Å². The zero-order valence-electron chi connectivity index (χ0n) is 16.0. The Hall–Kier alpha value is -2.77. The minimum Gasteiger partial charge on any atom is -0.493 e. The molecule has 0 saturated heterocycles. The predicted molar refractivity (Wildman–Crippen MR) is 113 cm³/mol. The lowest BCUT2D eigenvalue weighted by atomic mass is 10.1. The first kappa shape index (κ1) is 19.6. The molecule has 0 N–H and O–H groups in total. The third kappa shape index (κ3) is 5.94. The Morgan fingerprint density at radius 1 is 0.962 bits per heavy atom. The van der Waals surface area contributed by atoms with Crippen molar-refractivity contribution in [2.45, 2.75) is 19.6 Å². The highest BCUT2D eigenvalue weighted by molar-refractivity contribution is 6.84. The van der Waals surface area contributed by atoms with E-state index in [9.17, 15) is 0 Å². The molecule has 2 rings (SSSR count). The van der Waals surface area contributed by atoms with Gasteiger partial charge >= 0.3 is 0 Å². The van der Waals surface area contributed by atoms with Crippen LogP contribution in [-0.4, -0.2) is 28.0 Å².